The van der Waals surface area contributed by atoms with Crippen molar-refractivity contribution in [2.45, 2.75) is 52.9 Å². The lowest BCUT2D eigenvalue weighted by atomic mass is 9.46. The van der Waals surface area contributed by atoms with E-state index in [-0.39, 0.29) is 17.4 Å². The van der Waals surface area contributed by atoms with Crippen molar-refractivity contribution in [3.8, 4) is 0 Å². The number of carbonyl (C=O) groups is 1. The van der Waals surface area contributed by atoms with E-state index in [1.165, 1.54) is 23.9 Å². The van der Waals surface area contributed by atoms with Crippen molar-refractivity contribution in [2.24, 2.45) is 23.2 Å². The molecule has 0 saturated heterocycles. The highest BCUT2D eigenvalue weighted by Crippen LogP contribution is 2.61. The second-order valence-corrected chi connectivity index (χ2v) is 10.6. The number of hydrogen-bond donors (Lipinski definition) is 1. The number of thioether (sulfide) groups is 1. The van der Waals surface area contributed by atoms with Gasteiger partial charge >= 0.3 is 0 Å². The molecule has 0 spiro atoms. The third-order valence-electron chi connectivity index (χ3n) is 7.12. The maximum atomic E-state index is 12.9. The van der Waals surface area contributed by atoms with Crippen molar-refractivity contribution in [2.75, 3.05) is 16.9 Å². The molecule has 0 unspecified atom stereocenters. The lowest BCUT2D eigenvalue weighted by Gasteiger charge is -2.60. The SMILES string of the molecule is CC(C)c1nc2ccccc2c(=O)n1NC(=O)CSC[C@@H]1CC[C@H]2C[C@@H]1C2(C)C. The maximum absolute atomic E-state index is 12.9. The Kier molecular flexibility index (Phi) is 5.49. The van der Waals surface area contributed by atoms with Crippen LogP contribution in [0.4, 0.5) is 0 Å². The number of carbonyl (C=O) groups excluding carboxylic acids is 1. The molecule has 1 heterocycles. The van der Waals surface area contributed by atoms with E-state index in [9.17, 15) is 9.59 Å². The van der Waals surface area contributed by atoms with E-state index in [2.05, 4.69) is 24.3 Å². The van der Waals surface area contributed by atoms with Crippen LogP contribution in [0.5, 0.6) is 0 Å². The number of rotatable bonds is 6. The van der Waals surface area contributed by atoms with Crippen molar-refractivity contribution >= 4 is 28.6 Å². The molecule has 0 aliphatic heterocycles. The molecule has 6 heteroatoms. The van der Waals surface area contributed by atoms with Crippen LogP contribution in [0.1, 0.15) is 58.7 Å². The van der Waals surface area contributed by atoms with Crippen LogP contribution in [-0.2, 0) is 4.79 Å². The third-order valence-corrected chi connectivity index (χ3v) is 8.25. The molecule has 0 radical (unpaired) electrons. The molecule has 3 fully saturated rings. The number of aromatic nitrogens is 2. The Morgan fingerprint density at radius 1 is 1.31 bits per heavy atom. The zero-order chi connectivity index (χ0) is 20.8. The Balaban J connectivity index is 1.42. The summed E-state index contributed by atoms with van der Waals surface area (Å²) in [6, 6.07) is 7.28. The Labute approximate surface area is 176 Å². The number of nitrogens with one attached hydrogen (secondary N) is 1. The van der Waals surface area contributed by atoms with Crippen molar-refractivity contribution in [3.63, 3.8) is 0 Å². The summed E-state index contributed by atoms with van der Waals surface area (Å²) in [6.07, 6.45) is 3.98. The summed E-state index contributed by atoms with van der Waals surface area (Å²) in [5.41, 5.74) is 3.73. The predicted octanol–water partition coefficient (Wildman–Crippen LogP) is 4.40. The normalized spacial score (nSPS) is 25.1. The molecule has 3 saturated carbocycles. The summed E-state index contributed by atoms with van der Waals surface area (Å²) in [5, 5.41) is 0.522. The highest BCUT2D eigenvalue weighted by molar-refractivity contribution is 7.99. The van der Waals surface area contributed by atoms with Gasteiger partial charge in [-0.15, -0.1) is 0 Å². The Morgan fingerprint density at radius 3 is 2.76 bits per heavy atom. The first kappa shape index (κ1) is 20.5. The molecule has 3 atom stereocenters. The van der Waals surface area contributed by atoms with E-state index < -0.39 is 0 Å². The minimum atomic E-state index is -0.216. The summed E-state index contributed by atoms with van der Waals surface area (Å²) in [6.45, 7) is 8.76. The first-order chi connectivity index (χ1) is 13.8. The molecule has 2 aromatic rings. The average Bonchev–Trinajstić information content (AvgIpc) is 2.69. The number of fused-ring (bicyclic) bond motifs is 3. The second kappa shape index (κ2) is 7.78. The van der Waals surface area contributed by atoms with Gasteiger partial charge in [-0.1, -0.05) is 39.8 Å². The number of amides is 1. The molecular weight excluding hydrogens is 382 g/mol. The van der Waals surface area contributed by atoms with Gasteiger partial charge in [0.15, 0.2) is 0 Å². The molecule has 1 amide bonds. The van der Waals surface area contributed by atoms with Crippen LogP contribution in [0.2, 0.25) is 0 Å². The highest BCUT2D eigenvalue weighted by atomic mass is 32.2. The zero-order valence-corrected chi connectivity index (χ0v) is 18.6. The van der Waals surface area contributed by atoms with Crippen molar-refractivity contribution < 1.29 is 4.79 Å². The summed E-state index contributed by atoms with van der Waals surface area (Å²) in [4.78, 5) is 30.2. The molecule has 1 N–H and O–H groups in total. The van der Waals surface area contributed by atoms with Crippen molar-refractivity contribution in [1.29, 1.82) is 0 Å². The van der Waals surface area contributed by atoms with Crippen LogP contribution in [-0.4, -0.2) is 27.1 Å². The quantitative estimate of drug-likeness (QED) is 0.763. The third kappa shape index (κ3) is 3.72. The van der Waals surface area contributed by atoms with E-state index in [1.54, 1.807) is 17.8 Å². The van der Waals surface area contributed by atoms with Crippen LogP contribution >= 0.6 is 11.8 Å². The minimum Gasteiger partial charge on any atom is -0.272 e. The Bertz CT molecular complexity index is 980. The molecule has 1 aromatic carbocycles. The summed E-state index contributed by atoms with van der Waals surface area (Å²) in [5.74, 6) is 4.27. The average molecular weight is 414 g/mol. The number of para-hydroxylation sites is 1. The Morgan fingerprint density at radius 2 is 2.07 bits per heavy atom. The van der Waals surface area contributed by atoms with E-state index in [0.29, 0.717) is 33.8 Å². The van der Waals surface area contributed by atoms with Gasteiger partial charge in [-0.3, -0.25) is 15.0 Å². The van der Waals surface area contributed by atoms with E-state index >= 15 is 0 Å². The highest BCUT2D eigenvalue weighted by Gasteiger charge is 2.53. The molecule has 2 bridgehead atoms. The minimum absolute atomic E-state index is 0.0243. The number of hydrogen-bond acceptors (Lipinski definition) is 4. The number of nitrogens with zero attached hydrogens (tertiary/aromatic N) is 2. The van der Waals surface area contributed by atoms with Gasteiger partial charge in [0.05, 0.1) is 16.7 Å². The Hall–Kier alpha value is -1.82. The summed E-state index contributed by atoms with van der Waals surface area (Å²) >= 11 is 1.69. The van der Waals surface area contributed by atoms with Crippen LogP contribution in [0.25, 0.3) is 10.9 Å². The van der Waals surface area contributed by atoms with Crippen LogP contribution in [0, 0.1) is 23.2 Å². The molecule has 3 aliphatic carbocycles. The zero-order valence-electron chi connectivity index (χ0n) is 17.8. The summed E-state index contributed by atoms with van der Waals surface area (Å²) < 4.78 is 1.34. The molecule has 29 heavy (non-hydrogen) atoms. The van der Waals surface area contributed by atoms with E-state index in [1.807, 2.05) is 32.0 Å². The summed E-state index contributed by atoms with van der Waals surface area (Å²) in [7, 11) is 0. The van der Waals surface area contributed by atoms with Crippen LogP contribution < -0.4 is 11.0 Å². The van der Waals surface area contributed by atoms with Gasteiger partial charge in [0.25, 0.3) is 5.56 Å². The monoisotopic (exact) mass is 413 g/mol. The van der Waals surface area contributed by atoms with Gasteiger partial charge < -0.3 is 0 Å². The van der Waals surface area contributed by atoms with Crippen molar-refractivity contribution in [3.05, 3.63) is 40.4 Å². The maximum Gasteiger partial charge on any atom is 0.280 e. The van der Waals surface area contributed by atoms with Gasteiger partial charge in [-0.05, 0) is 60.3 Å². The van der Waals surface area contributed by atoms with Gasteiger partial charge in [-0.2, -0.15) is 11.8 Å². The lowest BCUT2D eigenvalue weighted by molar-refractivity contribution is -0.114. The fourth-order valence-corrected chi connectivity index (χ4v) is 6.34. The van der Waals surface area contributed by atoms with Crippen LogP contribution in [0.15, 0.2) is 29.1 Å². The van der Waals surface area contributed by atoms with Gasteiger partial charge in [-0.25, -0.2) is 9.66 Å². The second-order valence-electron chi connectivity index (χ2n) is 9.53. The molecule has 1 aromatic heterocycles. The first-order valence-corrected chi connectivity index (χ1v) is 11.8. The first-order valence-electron chi connectivity index (χ1n) is 10.7. The molecule has 5 nitrogen and oxygen atoms in total. The molecule has 3 aliphatic rings. The number of benzene rings is 1. The van der Waals surface area contributed by atoms with E-state index in [0.717, 1.165) is 17.6 Å². The topological polar surface area (TPSA) is 64.0 Å². The fraction of sp³-hybridized carbons (Fsp3) is 0.609. The van der Waals surface area contributed by atoms with Crippen LogP contribution in [0.3, 0.4) is 0 Å². The van der Waals surface area contributed by atoms with Gasteiger partial charge in [0, 0.05) is 5.92 Å². The fourth-order valence-electron chi connectivity index (χ4n) is 5.27. The lowest BCUT2D eigenvalue weighted by Crippen LogP contribution is -2.52. The largest absolute Gasteiger partial charge is 0.280 e. The predicted molar refractivity (Wildman–Crippen MR) is 120 cm³/mol. The van der Waals surface area contributed by atoms with E-state index in [4.69, 9.17) is 0 Å². The van der Waals surface area contributed by atoms with Crippen molar-refractivity contribution in [1.82, 2.24) is 9.66 Å². The van der Waals surface area contributed by atoms with Gasteiger partial charge in [0.2, 0.25) is 5.91 Å². The van der Waals surface area contributed by atoms with Gasteiger partial charge in [0.1, 0.15) is 5.82 Å². The molecule has 156 valence electrons. The molecule has 5 rings (SSSR count). The molecular formula is C23H31N3O2S. The smallest absolute Gasteiger partial charge is 0.272 e. The standard InChI is InChI=1S/C23H31N3O2S/c1-14(2)21-24-19-8-6-5-7-17(19)22(28)26(21)25-20(27)13-29-12-15-9-10-16-11-18(15)23(16,3)4/h5-8,14-16,18H,9-13H2,1-4H3,(H,25,27)/t15-,16-,18-/m0/s1.